The maximum absolute atomic E-state index is 11.8. The van der Waals surface area contributed by atoms with Crippen molar-refractivity contribution >= 4 is 41.2 Å². The summed E-state index contributed by atoms with van der Waals surface area (Å²) in [7, 11) is 0. The second-order valence-electron chi connectivity index (χ2n) is 5.96. The largest absolute Gasteiger partial charge is 0.494 e. The number of aliphatic imine (C=N–C) groups is 2. The molecule has 138 valence electrons. The van der Waals surface area contributed by atoms with Gasteiger partial charge in [-0.05, 0) is 56.2 Å². The molecule has 0 saturated carbocycles. The molecule has 1 aromatic carbocycles. The quantitative estimate of drug-likeness (QED) is 0.303. The van der Waals surface area contributed by atoms with Gasteiger partial charge in [0.25, 0.3) is 11.5 Å². The van der Waals surface area contributed by atoms with E-state index in [0.29, 0.717) is 0 Å². The maximum atomic E-state index is 11.8. The van der Waals surface area contributed by atoms with Crippen molar-refractivity contribution in [2.75, 3.05) is 0 Å². The van der Waals surface area contributed by atoms with Crippen LogP contribution in [0.25, 0.3) is 10.9 Å². The highest BCUT2D eigenvalue weighted by molar-refractivity contribution is 7.71. The zero-order valence-electron chi connectivity index (χ0n) is 14.9. The summed E-state index contributed by atoms with van der Waals surface area (Å²) in [5.74, 6) is -0.425. The summed E-state index contributed by atoms with van der Waals surface area (Å²) in [5.41, 5.74) is 8.84. The lowest BCUT2D eigenvalue weighted by Gasteiger charge is -2.06. The van der Waals surface area contributed by atoms with Crippen LogP contribution in [-0.4, -0.2) is 37.2 Å². The van der Waals surface area contributed by atoms with Crippen LogP contribution in [0.5, 0.6) is 5.88 Å². The number of nitrogens with one attached hydrogen (secondary N) is 2. The van der Waals surface area contributed by atoms with Gasteiger partial charge in [-0.2, -0.15) is 4.99 Å². The molecule has 10 heteroatoms. The topological polar surface area (TPSA) is 145 Å². The smallest absolute Gasteiger partial charge is 0.264 e. The minimum atomic E-state index is -0.601. The Kier molecular flexibility index (Phi) is 4.82. The van der Waals surface area contributed by atoms with Crippen LogP contribution in [0.15, 0.2) is 26.9 Å². The van der Waals surface area contributed by atoms with Crippen molar-refractivity contribution in [1.82, 2.24) is 19.9 Å². The third-order valence-electron chi connectivity index (χ3n) is 3.99. The molecule has 3 rings (SSSR count). The standard InChI is InChI=1S/C17H17N7O2S/c1-7-4-10-9(3)20-16(21-12(10)5-8(7)2)24-15(18)19-6-11-13(25)22-17(27)23-14(11)26/h4-6H,1-3H3,(H2,18,20,21,24)(H3,22,23,25,26,27). The molecule has 3 aromatic rings. The van der Waals surface area contributed by atoms with Crippen molar-refractivity contribution in [2.45, 2.75) is 20.8 Å². The van der Waals surface area contributed by atoms with E-state index in [0.717, 1.165) is 33.9 Å². The molecule has 5 N–H and O–H groups in total. The number of hydrogen-bond acceptors (Lipinski definition) is 6. The number of nitrogens with zero attached hydrogens (tertiary/aromatic N) is 4. The average molecular weight is 383 g/mol. The number of aromatic nitrogens is 4. The number of aromatic hydroxyl groups is 1. The number of benzene rings is 1. The predicted molar refractivity (Wildman–Crippen MR) is 107 cm³/mol. The fourth-order valence-electron chi connectivity index (χ4n) is 2.44. The summed E-state index contributed by atoms with van der Waals surface area (Å²) in [5, 5.41) is 10.7. The third-order valence-corrected chi connectivity index (χ3v) is 4.19. The van der Waals surface area contributed by atoms with Gasteiger partial charge in [0.05, 0.1) is 11.2 Å². The Morgan fingerprint density at radius 2 is 1.93 bits per heavy atom. The van der Waals surface area contributed by atoms with Crippen molar-refractivity contribution < 1.29 is 5.11 Å². The molecule has 0 radical (unpaired) electrons. The Morgan fingerprint density at radius 1 is 1.22 bits per heavy atom. The molecular weight excluding hydrogens is 366 g/mol. The number of aryl methyl sites for hydroxylation is 3. The first kappa shape index (κ1) is 18.4. The highest BCUT2D eigenvalue weighted by Gasteiger charge is 2.07. The number of guanidine groups is 1. The number of rotatable bonds is 2. The van der Waals surface area contributed by atoms with Crippen LogP contribution in [0.3, 0.4) is 0 Å². The Labute approximate surface area is 158 Å². The van der Waals surface area contributed by atoms with Gasteiger partial charge in [-0.3, -0.25) is 9.78 Å². The Balaban J connectivity index is 1.98. The average Bonchev–Trinajstić information content (AvgIpc) is 2.55. The van der Waals surface area contributed by atoms with Gasteiger partial charge in [0.1, 0.15) is 5.56 Å². The normalized spacial score (nSPS) is 12.2. The lowest BCUT2D eigenvalue weighted by atomic mass is 10.1. The number of nitrogens with two attached hydrogens (primary N) is 1. The summed E-state index contributed by atoms with van der Waals surface area (Å²) in [4.78, 5) is 33.2. The van der Waals surface area contributed by atoms with Crippen LogP contribution >= 0.6 is 12.2 Å². The minimum Gasteiger partial charge on any atom is -0.494 e. The van der Waals surface area contributed by atoms with E-state index in [2.05, 4.69) is 29.9 Å². The van der Waals surface area contributed by atoms with Gasteiger partial charge in [0.15, 0.2) is 4.77 Å². The van der Waals surface area contributed by atoms with Crippen molar-refractivity contribution in [3.05, 3.63) is 49.6 Å². The van der Waals surface area contributed by atoms with Gasteiger partial charge in [-0.1, -0.05) is 0 Å². The molecule has 0 aliphatic carbocycles. The molecule has 27 heavy (non-hydrogen) atoms. The third kappa shape index (κ3) is 3.90. The molecule has 0 aliphatic heterocycles. The molecule has 0 spiro atoms. The van der Waals surface area contributed by atoms with Crippen LogP contribution < -0.4 is 11.3 Å². The van der Waals surface area contributed by atoms with E-state index >= 15 is 0 Å². The van der Waals surface area contributed by atoms with Gasteiger partial charge in [-0.25, -0.2) is 15.0 Å². The van der Waals surface area contributed by atoms with Gasteiger partial charge in [-0.15, -0.1) is 0 Å². The predicted octanol–water partition coefficient (Wildman–Crippen LogP) is 2.07. The Hall–Kier alpha value is -3.40. The molecule has 2 heterocycles. The molecule has 0 bridgehead atoms. The Morgan fingerprint density at radius 3 is 2.63 bits per heavy atom. The number of H-pyrrole nitrogens is 2. The molecule has 0 amide bonds. The van der Waals surface area contributed by atoms with Crippen LogP contribution in [0, 0.1) is 25.5 Å². The van der Waals surface area contributed by atoms with Crippen molar-refractivity contribution in [3.63, 3.8) is 0 Å². The Bertz CT molecular complexity index is 1220. The molecule has 0 saturated heterocycles. The fraction of sp³-hybridized carbons (Fsp3) is 0.176. The van der Waals surface area contributed by atoms with Gasteiger partial charge >= 0.3 is 0 Å². The van der Waals surface area contributed by atoms with Gasteiger partial charge in [0.2, 0.25) is 11.8 Å². The highest BCUT2D eigenvalue weighted by atomic mass is 32.1. The lowest BCUT2D eigenvalue weighted by molar-refractivity contribution is 0.449. The molecule has 9 nitrogen and oxygen atoms in total. The van der Waals surface area contributed by atoms with Crippen molar-refractivity contribution in [1.29, 1.82) is 0 Å². The zero-order valence-corrected chi connectivity index (χ0v) is 15.7. The summed E-state index contributed by atoms with van der Waals surface area (Å²) < 4.78 is 0.00172. The lowest BCUT2D eigenvalue weighted by Crippen LogP contribution is -2.15. The SMILES string of the molecule is Cc1cc2nc(N=C(N)N=Cc3c(O)[nH]c(=S)[nH]c3=O)nc(C)c2cc1C. The minimum absolute atomic E-state index is 0.00172. The second kappa shape index (κ2) is 7.08. The fourth-order valence-corrected chi connectivity index (χ4v) is 2.63. The van der Waals surface area contributed by atoms with E-state index in [1.54, 1.807) is 0 Å². The summed E-state index contributed by atoms with van der Waals surface area (Å²) in [6.45, 7) is 5.89. The van der Waals surface area contributed by atoms with Crippen LogP contribution in [0.1, 0.15) is 22.4 Å². The summed E-state index contributed by atoms with van der Waals surface area (Å²) in [6, 6.07) is 3.99. The van der Waals surface area contributed by atoms with E-state index < -0.39 is 11.4 Å². The molecule has 0 atom stereocenters. The second-order valence-corrected chi connectivity index (χ2v) is 6.37. The monoisotopic (exact) mass is 383 g/mol. The van der Waals surface area contributed by atoms with E-state index in [1.807, 2.05) is 32.9 Å². The van der Waals surface area contributed by atoms with E-state index in [-0.39, 0.29) is 22.2 Å². The van der Waals surface area contributed by atoms with Gasteiger partial charge < -0.3 is 15.8 Å². The first-order valence-electron chi connectivity index (χ1n) is 7.94. The van der Waals surface area contributed by atoms with Crippen LogP contribution in [0.4, 0.5) is 5.95 Å². The zero-order chi connectivity index (χ0) is 19.7. The summed E-state index contributed by atoms with van der Waals surface area (Å²) >= 11 is 4.76. The van der Waals surface area contributed by atoms with E-state index in [4.69, 9.17) is 18.0 Å². The van der Waals surface area contributed by atoms with E-state index in [9.17, 15) is 9.90 Å². The van der Waals surface area contributed by atoms with Crippen molar-refractivity contribution in [2.24, 2.45) is 15.7 Å². The molecular formula is C17H17N7O2S. The van der Waals surface area contributed by atoms with Gasteiger partial charge in [0, 0.05) is 11.6 Å². The van der Waals surface area contributed by atoms with E-state index in [1.165, 1.54) is 0 Å². The highest BCUT2D eigenvalue weighted by Crippen LogP contribution is 2.22. The number of aromatic amines is 2. The molecule has 0 aliphatic rings. The maximum Gasteiger partial charge on any atom is 0.264 e. The summed E-state index contributed by atoms with van der Waals surface area (Å²) in [6.07, 6.45) is 1.08. The molecule has 2 aromatic heterocycles. The number of fused-ring (bicyclic) bond motifs is 1. The molecule has 0 fully saturated rings. The van der Waals surface area contributed by atoms with Crippen LogP contribution in [0.2, 0.25) is 0 Å². The number of hydrogen-bond donors (Lipinski definition) is 4. The first-order chi connectivity index (χ1) is 12.7. The van der Waals surface area contributed by atoms with Crippen molar-refractivity contribution in [3.8, 4) is 5.88 Å². The molecule has 0 unspecified atom stereocenters. The first-order valence-corrected chi connectivity index (χ1v) is 8.35. The van der Waals surface area contributed by atoms with Crippen LogP contribution in [-0.2, 0) is 0 Å².